The summed E-state index contributed by atoms with van der Waals surface area (Å²) in [5, 5.41) is 12.6. The summed E-state index contributed by atoms with van der Waals surface area (Å²) < 4.78 is 5.48. The first-order valence-corrected chi connectivity index (χ1v) is 5.69. The molecule has 0 aliphatic rings. The summed E-state index contributed by atoms with van der Waals surface area (Å²) in [5.41, 5.74) is 0.563. The molecular formula is C12H16ClNO3. The number of amides is 1. The fourth-order valence-electron chi connectivity index (χ4n) is 1.40. The molecule has 0 fully saturated rings. The summed E-state index contributed by atoms with van der Waals surface area (Å²) in [4.78, 5) is 11.3. The first-order chi connectivity index (χ1) is 7.95. The van der Waals surface area contributed by atoms with Gasteiger partial charge in [0.2, 0.25) is 0 Å². The lowest BCUT2D eigenvalue weighted by Crippen LogP contribution is -2.34. The van der Waals surface area contributed by atoms with Crippen LogP contribution in [0.15, 0.2) is 18.2 Å². The number of aliphatic hydroxyl groups excluding tert-OH is 1. The Morgan fingerprint density at radius 1 is 1.47 bits per heavy atom. The predicted octanol–water partition coefficient (Wildman–Crippen LogP) is 1.91. The molecule has 0 saturated heterocycles. The van der Waals surface area contributed by atoms with E-state index in [0.29, 0.717) is 16.3 Å². The number of carbonyl (C=O) groups excluding carboxylic acids is 1. The second-order valence-corrected chi connectivity index (χ2v) is 4.17. The van der Waals surface area contributed by atoms with Crippen molar-refractivity contribution in [2.75, 3.05) is 7.05 Å². The van der Waals surface area contributed by atoms with Gasteiger partial charge in [-0.1, -0.05) is 11.6 Å². The van der Waals surface area contributed by atoms with Gasteiger partial charge < -0.3 is 15.2 Å². The zero-order chi connectivity index (χ0) is 13.0. The predicted molar refractivity (Wildman–Crippen MR) is 66.2 cm³/mol. The molecule has 0 aliphatic heterocycles. The van der Waals surface area contributed by atoms with Crippen LogP contribution < -0.4 is 10.1 Å². The van der Waals surface area contributed by atoms with Gasteiger partial charge in [-0.15, -0.1) is 0 Å². The van der Waals surface area contributed by atoms with Crippen molar-refractivity contribution in [2.24, 2.45) is 0 Å². The molecule has 0 aliphatic carbocycles. The topological polar surface area (TPSA) is 58.6 Å². The summed E-state index contributed by atoms with van der Waals surface area (Å²) in [6, 6.07) is 4.92. The molecule has 17 heavy (non-hydrogen) atoms. The van der Waals surface area contributed by atoms with E-state index in [1.165, 1.54) is 0 Å². The summed E-state index contributed by atoms with van der Waals surface area (Å²) in [7, 11) is 1.54. The van der Waals surface area contributed by atoms with E-state index in [-0.39, 0.29) is 5.91 Å². The number of hydrogen-bond acceptors (Lipinski definition) is 3. The van der Waals surface area contributed by atoms with Gasteiger partial charge in [0.05, 0.1) is 6.10 Å². The Balaban J connectivity index is 2.94. The van der Waals surface area contributed by atoms with Crippen molar-refractivity contribution in [3.8, 4) is 5.75 Å². The van der Waals surface area contributed by atoms with Crippen molar-refractivity contribution in [3.63, 3.8) is 0 Å². The molecule has 1 aromatic carbocycles. The van der Waals surface area contributed by atoms with E-state index < -0.39 is 12.2 Å². The molecule has 0 heterocycles. The van der Waals surface area contributed by atoms with Gasteiger partial charge in [0.15, 0.2) is 6.10 Å². The number of nitrogens with one attached hydrogen (secondary N) is 1. The highest BCUT2D eigenvalue weighted by molar-refractivity contribution is 6.30. The lowest BCUT2D eigenvalue weighted by molar-refractivity contribution is -0.126. The van der Waals surface area contributed by atoms with Crippen molar-refractivity contribution >= 4 is 17.5 Å². The highest BCUT2D eigenvalue weighted by atomic mass is 35.5. The van der Waals surface area contributed by atoms with Crippen LogP contribution in [0.1, 0.15) is 25.5 Å². The Morgan fingerprint density at radius 2 is 2.12 bits per heavy atom. The lowest BCUT2D eigenvalue weighted by atomic mass is 10.1. The van der Waals surface area contributed by atoms with Crippen LogP contribution in [-0.2, 0) is 4.79 Å². The molecular weight excluding hydrogens is 242 g/mol. The van der Waals surface area contributed by atoms with E-state index in [0.717, 1.165) is 0 Å². The SMILES string of the molecule is CNC(=O)C(C)Oc1ccc(Cl)cc1C(C)O. The minimum atomic E-state index is -0.708. The van der Waals surface area contributed by atoms with Gasteiger partial charge in [0.25, 0.3) is 5.91 Å². The number of hydrogen-bond donors (Lipinski definition) is 2. The molecule has 0 bridgehead atoms. The van der Waals surface area contributed by atoms with Gasteiger partial charge in [-0.05, 0) is 32.0 Å². The summed E-state index contributed by atoms with van der Waals surface area (Å²) in [6.07, 6.45) is -1.33. The Hall–Kier alpha value is -1.26. The van der Waals surface area contributed by atoms with Crippen molar-refractivity contribution < 1.29 is 14.6 Å². The summed E-state index contributed by atoms with van der Waals surface area (Å²) in [5.74, 6) is 0.233. The van der Waals surface area contributed by atoms with Crippen LogP contribution in [0, 0.1) is 0 Å². The Morgan fingerprint density at radius 3 is 2.65 bits per heavy atom. The largest absolute Gasteiger partial charge is 0.481 e. The molecule has 1 rings (SSSR count). The number of likely N-dealkylation sites (N-methyl/N-ethyl adjacent to an activating group) is 1. The number of aliphatic hydroxyl groups is 1. The van der Waals surface area contributed by atoms with Gasteiger partial charge in [-0.3, -0.25) is 4.79 Å². The molecule has 2 N–H and O–H groups in total. The van der Waals surface area contributed by atoms with E-state index in [9.17, 15) is 9.90 Å². The molecule has 0 saturated carbocycles. The number of halogens is 1. The van der Waals surface area contributed by atoms with Crippen LogP contribution in [-0.4, -0.2) is 24.2 Å². The third kappa shape index (κ3) is 3.61. The van der Waals surface area contributed by atoms with Gasteiger partial charge in [0, 0.05) is 17.6 Å². The van der Waals surface area contributed by atoms with E-state index >= 15 is 0 Å². The molecule has 5 heteroatoms. The standard InChI is InChI=1S/C12H16ClNO3/c1-7(15)10-6-9(13)4-5-11(10)17-8(2)12(16)14-3/h4-8,15H,1-3H3,(H,14,16). The molecule has 2 atom stereocenters. The first kappa shape index (κ1) is 13.8. The maximum Gasteiger partial charge on any atom is 0.260 e. The Kier molecular flexibility index (Phi) is 4.78. The molecule has 1 amide bonds. The second kappa shape index (κ2) is 5.89. The molecule has 94 valence electrons. The minimum Gasteiger partial charge on any atom is -0.481 e. The van der Waals surface area contributed by atoms with Crippen LogP contribution in [0.2, 0.25) is 5.02 Å². The smallest absolute Gasteiger partial charge is 0.260 e. The highest BCUT2D eigenvalue weighted by Gasteiger charge is 2.16. The number of carbonyl (C=O) groups is 1. The van der Waals surface area contributed by atoms with Gasteiger partial charge in [0.1, 0.15) is 5.75 Å². The number of benzene rings is 1. The van der Waals surface area contributed by atoms with Crippen molar-refractivity contribution in [3.05, 3.63) is 28.8 Å². The molecule has 0 aromatic heterocycles. The third-order valence-electron chi connectivity index (χ3n) is 2.34. The minimum absolute atomic E-state index is 0.225. The van der Waals surface area contributed by atoms with E-state index in [4.69, 9.17) is 16.3 Å². The normalized spacial score (nSPS) is 13.9. The van der Waals surface area contributed by atoms with E-state index in [2.05, 4.69) is 5.32 Å². The molecule has 1 aromatic rings. The quantitative estimate of drug-likeness (QED) is 0.866. The molecule has 4 nitrogen and oxygen atoms in total. The zero-order valence-corrected chi connectivity index (χ0v) is 10.8. The lowest BCUT2D eigenvalue weighted by Gasteiger charge is -2.17. The average Bonchev–Trinajstić information content (AvgIpc) is 2.29. The fourth-order valence-corrected chi connectivity index (χ4v) is 1.58. The van der Waals surface area contributed by atoms with E-state index in [1.807, 2.05) is 0 Å². The van der Waals surface area contributed by atoms with Gasteiger partial charge in [-0.25, -0.2) is 0 Å². The Bertz CT molecular complexity index is 407. The zero-order valence-electron chi connectivity index (χ0n) is 10.0. The monoisotopic (exact) mass is 257 g/mol. The van der Waals surface area contributed by atoms with Crippen molar-refractivity contribution in [1.82, 2.24) is 5.32 Å². The highest BCUT2D eigenvalue weighted by Crippen LogP contribution is 2.28. The maximum absolute atomic E-state index is 11.3. The third-order valence-corrected chi connectivity index (χ3v) is 2.58. The van der Waals surface area contributed by atoms with Gasteiger partial charge in [-0.2, -0.15) is 0 Å². The van der Waals surface area contributed by atoms with Crippen LogP contribution in [0.3, 0.4) is 0 Å². The van der Waals surface area contributed by atoms with E-state index in [1.54, 1.807) is 39.1 Å². The molecule has 0 radical (unpaired) electrons. The van der Waals surface area contributed by atoms with Crippen molar-refractivity contribution in [1.29, 1.82) is 0 Å². The fraction of sp³-hybridized carbons (Fsp3) is 0.417. The average molecular weight is 258 g/mol. The summed E-state index contributed by atoms with van der Waals surface area (Å²) >= 11 is 5.84. The van der Waals surface area contributed by atoms with Crippen LogP contribution in [0.5, 0.6) is 5.75 Å². The van der Waals surface area contributed by atoms with Crippen LogP contribution in [0.4, 0.5) is 0 Å². The number of ether oxygens (including phenoxy) is 1. The number of rotatable bonds is 4. The van der Waals surface area contributed by atoms with Gasteiger partial charge >= 0.3 is 0 Å². The van der Waals surface area contributed by atoms with Crippen LogP contribution in [0.25, 0.3) is 0 Å². The first-order valence-electron chi connectivity index (χ1n) is 5.31. The Labute approximate surface area is 106 Å². The second-order valence-electron chi connectivity index (χ2n) is 3.73. The molecule has 0 spiro atoms. The summed E-state index contributed by atoms with van der Waals surface area (Å²) in [6.45, 7) is 3.25. The van der Waals surface area contributed by atoms with Crippen molar-refractivity contribution in [2.45, 2.75) is 26.1 Å². The maximum atomic E-state index is 11.3. The molecule has 2 unspecified atom stereocenters. The van der Waals surface area contributed by atoms with Crippen LogP contribution >= 0.6 is 11.6 Å².